The Kier molecular flexibility index (Phi) is 10.5. The molecule has 36 heavy (non-hydrogen) atoms. The zero-order valence-corrected chi connectivity index (χ0v) is 21.5. The topological polar surface area (TPSA) is 84.8 Å². The van der Waals surface area contributed by atoms with Gasteiger partial charge < -0.3 is 20.8 Å². The standard InChI is InChI=1S/C30H39N3O3/c1-4-33(5-2)21-26-19-25(16-17-28(26)34)30(36)32-27(18-23-12-8-6-9-13-23)29(35)20-31-22(3)24-14-10-7-11-15-24/h6-17,19,22,27,29,31,34-35H,4-5,18,20-21H2,1-3H3,(H,32,36)/t22-,27+,29-/m1/s1. The molecule has 3 atom stereocenters. The first-order valence-electron chi connectivity index (χ1n) is 12.8. The van der Waals surface area contributed by atoms with E-state index >= 15 is 0 Å². The normalized spacial score (nSPS) is 13.8. The van der Waals surface area contributed by atoms with Crippen LogP contribution in [0.4, 0.5) is 0 Å². The number of phenolic OH excluding ortho intramolecular Hbond substituents is 1. The van der Waals surface area contributed by atoms with Crippen LogP contribution in [0.3, 0.4) is 0 Å². The van der Waals surface area contributed by atoms with Gasteiger partial charge >= 0.3 is 0 Å². The van der Waals surface area contributed by atoms with Crippen molar-refractivity contribution in [3.8, 4) is 5.75 Å². The van der Waals surface area contributed by atoms with E-state index in [1.54, 1.807) is 18.2 Å². The number of nitrogens with one attached hydrogen (secondary N) is 2. The summed E-state index contributed by atoms with van der Waals surface area (Å²) in [4.78, 5) is 15.4. The Morgan fingerprint density at radius 1 is 0.944 bits per heavy atom. The monoisotopic (exact) mass is 489 g/mol. The summed E-state index contributed by atoms with van der Waals surface area (Å²) in [6.07, 6.45) is -0.299. The van der Waals surface area contributed by atoms with E-state index in [0.29, 0.717) is 30.6 Å². The van der Waals surface area contributed by atoms with Crippen LogP contribution in [0.25, 0.3) is 0 Å². The van der Waals surface area contributed by atoms with E-state index in [4.69, 9.17) is 0 Å². The molecule has 6 heteroatoms. The summed E-state index contributed by atoms with van der Waals surface area (Å²) in [7, 11) is 0. The summed E-state index contributed by atoms with van der Waals surface area (Å²) in [5, 5.41) is 27.9. The zero-order valence-electron chi connectivity index (χ0n) is 21.5. The Morgan fingerprint density at radius 3 is 2.22 bits per heavy atom. The van der Waals surface area contributed by atoms with Crippen LogP contribution in [0.2, 0.25) is 0 Å². The molecule has 0 aliphatic carbocycles. The minimum Gasteiger partial charge on any atom is -0.508 e. The quantitative estimate of drug-likeness (QED) is 0.288. The van der Waals surface area contributed by atoms with Gasteiger partial charge in [-0.2, -0.15) is 0 Å². The van der Waals surface area contributed by atoms with Crippen LogP contribution in [0.1, 0.15) is 53.9 Å². The number of benzene rings is 3. The van der Waals surface area contributed by atoms with Gasteiger partial charge in [0.2, 0.25) is 0 Å². The van der Waals surface area contributed by atoms with Crippen molar-refractivity contribution >= 4 is 5.91 Å². The molecule has 0 saturated heterocycles. The SMILES string of the molecule is CCN(CC)Cc1cc(C(=O)N[C@@H](Cc2ccccc2)[C@H](O)CN[C@H](C)c2ccccc2)ccc1O. The Morgan fingerprint density at radius 2 is 1.58 bits per heavy atom. The molecule has 0 aromatic heterocycles. The van der Waals surface area contributed by atoms with Gasteiger partial charge in [-0.1, -0.05) is 74.5 Å². The minimum atomic E-state index is -0.799. The van der Waals surface area contributed by atoms with Gasteiger partial charge in [-0.25, -0.2) is 0 Å². The molecule has 0 fully saturated rings. The molecular formula is C30H39N3O3. The molecule has 0 saturated carbocycles. The van der Waals surface area contributed by atoms with Crippen LogP contribution in [0.15, 0.2) is 78.9 Å². The van der Waals surface area contributed by atoms with E-state index in [2.05, 4.69) is 36.3 Å². The zero-order chi connectivity index (χ0) is 25.9. The number of carbonyl (C=O) groups is 1. The molecule has 0 aliphatic heterocycles. The molecular weight excluding hydrogens is 450 g/mol. The lowest BCUT2D eigenvalue weighted by Crippen LogP contribution is -2.49. The van der Waals surface area contributed by atoms with Crippen molar-refractivity contribution in [2.45, 2.75) is 51.9 Å². The van der Waals surface area contributed by atoms with Crippen molar-refractivity contribution in [3.05, 3.63) is 101 Å². The third-order valence-electron chi connectivity index (χ3n) is 6.64. The highest BCUT2D eigenvalue weighted by atomic mass is 16.3. The summed E-state index contributed by atoms with van der Waals surface area (Å²) in [5.41, 5.74) is 3.35. The molecule has 0 radical (unpaired) electrons. The Balaban J connectivity index is 1.73. The van der Waals surface area contributed by atoms with Crippen LogP contribution >= 0.6 is 0 Å². The van der Waals surface area contributed by atoms with Crippen LogP contribution in [0, 0.1) is 0 Å². The van der Waals surface area contributed by atoms with Gasteiger partial charge in [-0.3, -0.25) is 9.69 Å². The van der Waals surface area contributed by atoms with Crippen molar-refractivity contribution in [3.63, 3.8) is 0 Å². The highest BCUT2D eigenvalue weighted by Gasteiger charge is 2.23. The number of rotatable bonds is 13. The second-order valence-corrected chi connectivity index (χ2v) is 9.18. The first kappa shape index (κ1) is 27.4. The van der Waals surface area contributed by atoms with Gasteiger partial charge in [-0.15, -0.1) is 0 Å². The van der Waals surface area contributed by atoms with Crippen molar-refractivity contribution < 1.29 is 15.0 Å². The maximum Gasteiger partial charge on any atom is 0.251 e. The van der Waals surface area contributed by atoms with Crippen molar-refractivity contribution in [2.24, 2.45) is 0 Å². The third-order valence-corrected chi connectivity index (χ3v) is 6.64. The summed E-state index contributed by atoms with van der Waals surface area (Å²) in [6.45, 7) is 8.80. The van der Waals surface area contributed by atoms with Gasteiger partial charge in [0.25, 0.3) is 5.91 Å². The molecule has 3 aromatic carbocycles. The maximum atomic E-state index is 13.3. The number of amides is 1. The van der Waals surface area contributed by atoms with Gasteiger partial charge in [0.05, 0.1) is 12.1 Å². The van der Waals surface area contributed by atoms with Gasteiger partial charge in [0.1, 0.15) is 5.75 Å². The molecule has 4 N–H and O–H groups in total. The predicted molar refractivity (Wildman–Crippen MR) is 145 cm³/mol. The van der Waals surface area contributed by atoms with E-state index in [9.17, 15) is 15.0 Å². The molecule has 3 aromatic rings. The number of phenols is 1. The molecule has 1 amide bonds. The van der Waals surface area contributed by atoms with Gasteiger partial charge in [-0.05, 0) is 55.8 Å². The fraction of sp³-hybridized carbons (Fsp3) is 0.367. The Bertz CT molecular complexity index is 1070. The van der Waals surface area contributed by atoms with Crippen molar-refractivity contribution in [1.29, 1.82) is 0 Å². The third kappa shape index (κ3) is 7.92. The average Bonchev–Trinajstić information content (AvgIpc) is 2.91. The number of hydrogen-bond acceptors (Lipinski definition) is 5. The van der Waals surface area contributed by atoms with Crippen LogP contribution in [-0.2, 0) is 13.0 Å². The van der Waals surface area contributed by atoms with E-state index in [-0.39, 0.29) is 17.7 Å². The summed E-state index contributed by atoms with van der Waals surface area (Å²) in [5.74, 6) is -0.0923. The summed E-state index contributed by atoms with van der Waals surface area (Å²) < 4.78 is 0. The molecule has 0 spiro atoms. The average molecular weight is 490 g/mol. The summed E-state index contributed by atoms with van der Waals surface area (Å²) >= 11 is 0. The highest BCUT2D eigenvalue weighted by Crippen LogP contribution is 2.21. The number of nitrogens with zero attached hydrogens (tertiary/aromatic N) is 1. The smallest absolute Gasteiger partial charge is 0.251 e. The van der Waals surface area contributed by atoms with Crippen LogP contribution < -0.4 is 10.6 Å². The largest absolute Gasteiger partial charge is 0.508 e. The van der Waals surface area contributed by atoms with Gasteiger partial charge in [0, 0.05) is 30.3 Å². The first-order chi connectivity index (χ1) is 17.4. The van der Waals surface area contributed by atoms with Gasteiger partial charge in [0.15, 0.2) is 0 Å². The van der Waals surface area contributed by atoms with Crippen molar-refractivity contribution in [2.75, 3.05) is 19.6 Å². The lowest BCUT2D eigenvalue weighted by molar-refractivity contribution is 0.0825. The van der Waals surface area contributed by atoms with E-state index in [0.717, 1.165) is 24.2 Å². The van der Waals surface area contributed by atoms with E-state index < -0.39 is 12.1 Å². The predicted octanol–water partition coefficient (Wildman–Crippen LogP) is 4.29. The number of aliphatic hydroxyl groups excluding tert-OH is 1. The lowest BCUT2D eigenvalue weighted by atomic mass is 9.99. The number of hydrogen-bond donors (Lipinski definition) is 4. The fourth-order valence-corrected chi connectivity index (χ4v) is 4.24. The molecule has 6 nitrogen and oxygen atoms in total. The molecule has 0 unspecified atom stereocenters. The second kappa shape index (κ2) is 13.8. The Hall–Kier alpha value is -3.19. The minimum absolute atomic E-state index is 0.0636. The molecule has 0 bridgehead atoms. The number of aromatic hydroxyl groups is 1. The fourth-order valence-electron chi connectivity index (χ4n) is 4.24. The number of carbonyl (C=O) groups excluding carboxylic acids is 1. The van der Waals surface area contributed by atoms with Crippen LogP contribution in [-0.4, -0.2) is 52.8 Å². The van der Waals surface area contributed by atoms with Crippen LogP contribution in [0.5, 0.6) is 5.75 Å². The van der Waals surface area contributed by atoms with Crippen molar-refractivity contribution in [1.82, 2.24) is 15.5 Å². The molecule has 0 heterocycles. The van der Waals surface area contributed by atoms with E-state index in [1.807, 2.05) is 60.7 Å². The molecule has 3 rings (SSSR count). The van der Waals surface area contributed by atoms with E-state index in [1.165, 1.54) is 0 Å². The lowest BCUT2D eigenvalue weighted by Gasteiger charge is -2.26. The number of aliphatic hydroxyl groups is 1. The summed E-state index contributed by atoms with van der Waals surface area (Å²) in [6, 6.07) is 24.4. The second-order valence-electron chi connectivity index (χ2n) is 9.18. The Labute approximate surface area is 215 Å². The highest BCUT2D eigenvalue weighted by molar-refractivity contribution is 5.94. The maximum absolute atomic E-state index is 13.3. The molecule has 0 aliphatic rings. The first-order valence-corrected chi connectivity index (χ1v) is 12.8. The molecule has 192 valence electrons.